The van der Waals surface area contributed by atoms with Gasteiger partial charge in [0.25, 0.3) is 5.91 Å². The molecule has 1 heterocycles. The molecule has 3 rings (SSSR count). The molecule has 0 saturated carbocycles. The lowest BCUT2D eigenvalue weighted by Crippen LogP contribution is -2.20. The van der Waals surface area contributed by atoms with Gasteiger partial charge in [0, 0.05) is 17.6 Å². The molecule has 0 bridgehead atoms. The van der Waals surface area contributed by atoms with Gasteiger partial charge >= 0.3 is 5.63 Å². The van der Waals surface area contributed by atoms with E-state index in [0.29, 0.717) is 35.7 Å². The van der Waals surface area contributed by atoms with Crippen molar-refractivity contribution in [3.05, 3.63) is 64.0 Å². The van der Waals surface area contributed by atoms with Gasteiger partial charge in [-0.3, -0.25) is 4.79 Å². The van der Waals surface area contributed by atoms with Gasteiger partial charge in [0.05, 0.1) is 13.7 Å². The Balaban J connectivity index is 1.98. The summed E-state index contributed by atoms with van der Waals surface area (Å²) in [5.74, 6) is 0.226. The summed E-state index contributed by atoms with van der Waals surface area (Å²) in [6, 6.07) is 11.9. The molecule has 7 nitrogen and oxygen atoms in total. The summed E-state index contributed by atoms with van der Waals surface area (Å²) in [7, 11) is 1.50. The number of carbonyl (C=O) groups excluding carboxylic acids is 1. The summed E-state index contributed by atoms with van der Waals surface area (Å²) < 4.78 is 16.2. The van der Waals surface area contributed by atoms with Crippen molar-refractivity contribution in [3.63, 3.8) is 0 Å². The van der Waals surface area contributed by atoms with E-state index < -0.39 is 11.5 Å². The number of methoxy groups -OCH3 is 1. The third-order valence-electron chi connectivity index (χ3n) is 4.02. The predicted molar refractivity (Wildman–Crippen MR) is 102 cm³/mol. The number of nitrogens with one attached hydrogen (secondary N) is 1. The van der Waals surface area contributed by atoms with Crippen LogP contribution < -0.4 is 26.1 Å². The lowest BCUT2D eigenvalue weighted by atomic mass is 10.1. The van der Waals surface area contributed by atoms with E-state index in [1.54, 1.807) is 36.4 Å². The molecule has 1 amide bonds. The lowest BCUT2D eigenvalue weighted by molar-refractivity contribution is 0.102. The standard InChI is InChI=1S/C20H20N2O5/c1-3-26-18-16(25-2)9-6-13-10-15(20(24)27-17(13)18)19(23)22-14-7-4-12(11-21)5-8-14/h4-10H,3,11,21H2,1-2H3,(H,22,23). The molecule has 0 atom stereocenters. The van der Waals surface area contributed by atoms with Crippen LogP contribution in [0.4, 0.5) is 5.69 Å². The molecular formula is C20H20N2O5. The van der Waals surface area contributed by atoms with Crippen LogP contribution >= 0.6 is 0 Å². The minimum Gasteiger partial charge on any atom is -0.493 e. The fraction of sp³-hybridized carbons (Fsp3) is 0.200. The quantitative estimate of drug-likeness (QED) is 0.649. The molecule has 0 spiro atoms. The van der Waals surface area contributed by atoms with Crippen LogP contribution in [0.1, 0.15) is 22.8 Å². The monoisotopic (exact) mass is 368 g/mol. The van der Waals surface area contributed by atoms with Gasteiger partial charge in [0.2, 0.25) is 5.75 Å². The third-order valence-corrected chi connectivity index (χ3v) is 4.02. The SMILES string of the molecule is CCOc1c(OC)ccc2cc(C(=O)Nc3ccc(CN)cc3)c(=O)oc12. The Bertz CT molecular complexity index is 1020. The Morgan fingerprint density at radius 3 is 2.56 bits per heavy atom. The van der Waals surface area contributed by atoms with Crippen molar-refractivity contribution >= 4 is 22.6 Å². The van der Waals surface area contributed by atoms with Gasteiger partial charge < -0.3 is 24.9 Å². The number of nitrogens with two attached hydrogens (primary N) is 1. The zero-order valence-corrected chi connectivity index (χ0v) is 15.1. The molecular weight excluding hydrogens is 348 g/mol. The smallest absolute Gasteiger partial charge is 0.349 e. The molecule has 2 aromatic carbocycles. The maximum atomic E-state index is 12.5. The molecule has 0 unspecified atom stereocenters. The number of carbonyl (C=O) groups is 1. The molecule has 0 aliphatic carbocycles. The first-order chi connectivity index (χ1) is 13.1. The van der Waals surface area contributed by atoms with Gasteiger partial charge in [-0.2, -0.15) is 0 Å². The minimum atomic E-state index is -0.757. The number of hydrogen-bond acceptors (Lipinski definition) is 6. The summed E-state index contributed by atoms with van der Waals surface area (Å²) in [5.41, 5.74) is 6.44. The molecule has 0 radical (unpaired) electrons. The topological polar surface area (TPSA) is 104 Å². The van der Waals surface area contributed by atoms with E-state index in [4.69, 9.17) is 19.6 Å². The second-order valence-corrected chi connectivity index (χ2v) is 5.75. The lowest BCUT2D eigenvalue weighted by Gasteiger charge is -2.11. The zero-order valence-electron chi connectivity index (χ0n) is 15.1. The average Bonchev–Trinajstić information content (AvgIpc) is 2.68. The van der Waals surface area contributed by atoms with E-state index in [0.717, 1.165) is 5.56 Å². The third kappa shape index (κ3) is 3.78. The van der Waals surface area contributed by atoms with Crippen molar-refractivity contribution in [1.82, 2.24) is 0 Å². The molecule has 0 aliphatic rings. The predicted octanol–water partition coefficient (Wildman–Crippen LogP) is 2.91. The van der Waals surface area contributed by atoms with E-state index in [1.807, 2.05) is 6.92 Å². The second kappa shape index (κ2) is 7.92. The zero-order chi connectivity index (χ0) is 19.4. The number of anilines is 1. The summed E-state index contributed by atoms with van der Waals surface area (Å²) in [5, 5.41) is 3.24. The van der Waals surface area contributed by atoms with Crippen LogP contribution in [-0.4, -0.2) is 19.6 Å². The van der Waals surface area contributed by atoms with Crippen molar-refractivity contribution in [2.24, 2.45) is 5.73 Å². The molecule has 0 saturated heterocycles. The van der Waals surface area contributed by atoms with Crippen LogP contribution in [-0.2, 0) is 6.54 Å². The summed E-state index contributed by atoms with van der Waals surface area (Å²) in [4.78, 5) is 24.9. The number of rotatable bonds is 6. The highest BCUT2D eigenvalue weighted by Crippen LogP contribution is 2.35. The van der Waals surface area contributed by atoms with Crippen molar-refractivity contribution in [2.75, 3.05) is 19.0 Å². The number of amides is 1. The molecule has 0 aliphatic heterocycles. The number of benzene rings is 2. The Labute approximate surface area is 155 Å². The Kier molecular flexibility index (Phi) is 5.42. The van der Waals surface area contributed by atoms with E-state index in [-0.39, 0.29) is 11.1 Å². The maximum Gasteiger partial charge on any atom is 0.349 e. The molecule has 3 N–H and O–H groups in total. The molecule has 140 valence electrons. The van der Waals surface area contributed by atoms with Crippen molar-refractivity contribution < 1.29 is 18.7 Å². The summed E-state index contributed by atoms with van der Waals surface area (Å²) in [6.07, 6.45) is 0. The van der Waals surface area contributed by atoms with Crippen molar-refractivity contribution in [2.45, 2.75) is 13.5 Å². The molecule has 27 heavy (non-hydrogen) atoms. The van der Waals surface area contributed by atoms with E-state index in [9.17, 15) is 9.59 Å². The second-order valence-electron chi connectivity index (χ2n) is 5.75. The highest BCUT2D eigenvalue weighted by molar-refractivity contribution is 6.05. The molecule has 3 aromatic rings. The molecule has 0 fully saturated rings. The van der Waals surface area contributed by atoms with E-state index in [1.165, 1.54) is 13.2 Å². The fourth-order valence-corrected chi connectivity index (χ4v) is 2.66. The van der Waals surface area contributed by atoms with Crippen molar-refractivity contribution in [3.8, 4) is 11.5 Å². The van der Waals surface area contributed by atoms with Crippen LogP contribution in [0.5, 0.6) is 11.5 Å². The van der Waals surface area contributed by atoms with Crippen LogP contribution in [0, 0.1) is 0 Å². The Morgan fingerprint density at radius 1 is 1.19 bits per heavy atom. The highest BCUT2D eigenvalue weighted by Gasteiger charge is 2.18. The van der Waals surface area contributed by atoms with E-state index in [2.05, 4.69) is 5.32 Å². The molecule has 1 aromatic heterocycles. The summed E-state index contributed by atoms with van der Waals surface area (Å²) in [6.45, 7) is 2.60. The maximum absolute atomic E-state index is 12.5. The van der Waals surface area contributed by atoms with Crippen LogP contribution in [0.25, 0.3) is 11.0 Å². The van der Waals surface area contributed by atoms with E-state index >= 15 is 0 Å². The normalized spacial score (nSPS) is 10.6. The van der Waals surface area contributed by atoms with Crippen molar-refractivity contribution in [1.29, 1.82) is 0 Å². The number of hydrogen-bond donors (Lipinski definition) is 2. The van der Waals surface area contributed by atoms with Crippen LogP contribution in [0.15, 0.2) is 51.7 Å². The van der Waals surface area contributed by atoms with Crippen LogP contribution in [0.2, 0.25) is 0 Å². The van der Waals surface area contributed by atoms with Crippen LogP contribution in [0.3, 0.4) is 0 Å². The minimum absolute atomic E-state index is 0.0991. The first-order valence-corrected chi connectivity index (χ1v) is 8.45. The highest BCUT2D eigenvalue weighted by atomic mass is 16.5. The largest absolute Gasteiger partial charge is 0.493 e. The van der Waals surface area contributed by atoms with Gasteiger partial charge in [-0.25, -0.2) is 4.79 Å². The van der Waals surface area contributed by atoms with Gasteiger partial charge in [0.1, 0.15) is 5.56 Å². The van der Waals surface area contributed by atoms with Gasteiger partial charge in [-0.05, 0) is 42.8 Å². The summed E-state index contributed by atoms with van der Waals surface area (Å²) >= 11 is 0. The Hall–Kier alpha value is -3.32. The van der Waals surface area contributed by atoms with Gasteiger partial charge in [0.15, 0.2) is 11.3 Å². The molecule has 7 heteroatoms. The van der Waals surface area contributed by atoms with Gasteiger partial charge in [-0.1, -0.05) is 12.1 Å². The fourth-order valence-electron chi connectivity index (χ4n) is 2.66. The Morgan fingerprint density at radius 2 is 1.93 bits per heavy atom. The average molecular weight is 368 g/mol. The first-order valence-electron chi connectivity index (χ1n) is 8.45. The number of fused-ring (bicyclic) bond motifs is 1. The first kappa shape index (κ1) is 18.5. The number of ether oxygens (including phenoxy) is 2. The van der Waals surface area contributed by atoms with Gasteiger partial charge in [-0.15, -0.1) is 0 Å².